The maximum Gasteiger partial charge on any atom is 0.303 e. The lowest BCUT2D eigenvalue weighted by atomic mass is 10.1. The van der Waals surface area contributed by atoms with Gasteiger partial charge < -0.3 is 10.1 Å². The number of aromatic nitrogens is 1. The summed E-state index contributed by atoms with van der Waals surface area (Å²) in [5.41, 5.74) is 2.49. The van der Waals surface area contributed by atoms with E-state index in [0.29, 0.717) is 0 Å². The van der Waals surface area contributed by atoms with Crippen LogP contribution in [0.3, 0.4) is 0 Å². The van der Waals surface area contributed by atoms with Crippen LogP contribution in [0, 0.1) is 6.92 Å². The average Bonchev–Trinajstić information content (AvgIpc) is 2.45. The number of unbranched alkanes of at least 4 members (excludes halogenated alkanes) is 1. The Morgan fingerprint density at radius 3 is 2.85 bits per heavy atom. The summed E-state index contributed by atoms with van der Waals surface area (Å²) in [6, 6.07) is 2.03. The van der Waals surface area contributed by atoms with Gasteiger partial charge in [-0.3, -0.25) is 4.79 Å². The predicted molar refractivity (Wildman–Crippen MR) is 50.7 cm³/mol. The van der Waals surface area contributed by atoms with Crippen LogP contribution in [0.15, 0.2) is 12.3 Å². The number of nitrogens with one attached hydrogen (secondary N) is 1. The smallest absolute Gasteiger partial charge is 0.303 e. The van der Waals surface area contributed by atoms with Gasteiger partial charge in [-0.25, -0.2) is 0 Å². The van der Waals surface area contributed by atoms with E-state index in [9.17, 15) is 4.79 Å². The molecule has 0 fully saturated rings. The van der Waals surface area contributed by atoms with Crippen molar-refractivity contribution < 1.29 is 9.90 Å². The van der Waals surface area contributed by atoms with Gasteiger partial charge in [-0.05, 0) is 37.8 Å². The normalized spacial score (nSPS) is 10.2. The molecular formula is C10H15NO2. The van der Waals surface area contributed by atoms with Crippen molar-refractivity contribution in [1.29, 1.82) is 0 Å². The van der Waals surface area contributed by atoms with Crippen molar-refractivity contribution in [1.82, 2.24) is 4.98 Å². The first kappa shape index (κ1) is 9.84. The average molecular weight is 181 g/mol. The molecule has 13 heavy (non-hydrogen) atoms. The van der Waals surface area contributed by atoms with Gasteiger partial charge in [0.1, 0.15) is 0 Å². The van der Waals surface area contributed by atoms with E-state index in [1.807, 2.05) is 12.3 Å². The molecule has 2 N–H and O–H groups in total. The van der Waals surface area contributed by atoms with Crippen molar-refractivity contribution in [3.8, 4) is 0 Å². The second-order valence-corrected chi connectivity index (χ2v) is 3.24. The fourth-order valence-electron chi connectivity index (χ4n) is 1.33. The molecule has 0 amide bonds. The van der Waals surface area contributed by atoms with E-state index < -0.39 is 5.97 Å². The summed E-state index contributed by atoms with van der Waals surface area (Å²) in [6.07, 6.45) is 4.84. The Labute approximate surface area is 77.8 Å². The van der Waals surface area contributed by atoms with Gasteiger partial charge in [-0.1, -0.05) is 0 Å². The van der Waals surface area contributed by atoms with E-state index in [4.69, 9.17) is 5.11 Å². The van der Waals surface area contributed by atoms with Crippen LogP contribution in [0.2, 0.25) is 0 Å². The van der Waals surface area contributed by atoms with Crippen molar-refractivity contribution in [2.45, 2.75) is 32.6 Å². The minimum Gasteiger partial charge on any atom is -0.481 e. The number of carboxylic acid groups (broad SMARTS) is 1. The van der Waals surface area contributed by atoms with Crippen LogP contribution in [-0.4, -0.2) is 16.1 Å². The zero-order valence-electron chi connectivity index (χ0n) is 7.84. The number of aromatic amines is 1. The molecule has 0 aromatic carbocycles. The SMILES string of the molecule is Cc1cc[nH]c1CCCCC(=O)O. The Hall–Kier alpha value is -1.25. The Morgan fingerprint density at radius 2 is 2.31 bits per heavy atom. The first-order valence-electron chi connectivity index (χ1n) is 4.55. The van der Waals surface area contributed by atoms with Crippen molar-refractivity contribution in [3.05, 3.63) is 23.5 Å². The number of hydrogen-bond acceptors (Lipinski definition) is 1. The minimum atomic E-state index is -0.705. The number of carbonyl (C=O) groups is 1. The second kappa shape index (κ2) is 4.70. The molecule has 1 rings (SSSR count). The molecule has 1 aromatic rings. The fourth-order valence-corrected chi connectivity index (χ4v) is 1.33. The lowest BCUT2D eigenvalue weighted by molar-refractivity contribution is -0.137. The molecular weight excluding hydrogens is 166 g/mol. The third-order valence-corrected chi connectivity index (χ3v) is 2.13. The first-order valence-corrected chi connectivity index (χ1v) is 4.55. The monoisotopic (exact) mass is 181 g/mol. The van der Waals surface area contributed by atoms with E-state index in [0.717, 1.165) is 19.3 Å². The van der Waals surface area contributed by atoms with Crippen molar-refractivity contribution >= 4 is 5.97 Å². The fraction of sp³-hybridized carbons (Fsp3) is 0.500. The number of H-pyrrole nitrogens is 1. The summed E-state index contributed by atoms with van der Waals surface area (Å²) in [4.78, 5) is 13.4. The molecule has 0 unspecified atom stereocenters. The number of carboxylic acids is 1. The lowest BCUT2D eigenvalue weighted by Gasteiger charge is -1.98. The minimum absolute atomic E-state index is 0.278. The maximum atomic E-state index is 10.2. The summed E-state index contributed by atoms with van der Waals surface area (Å²) >= 11 is 0. The molecule has 3 heteroatoms. The summed E-state index contributed by atoms with van der Waals surface area (Å²) in [5.74, 6) is -0.705. The van der Waals surface area contributed by atoms with Crippen LogP contribution in [0.5, 0.6) is 0 Å². The highest BCUT2D eigenvalue weighted by molar-refractivity contribution is 5.66. The number of rotatable bonds is 5. The van der Waals surface area contributed by atoms with Crippen molar-refractivity contribution in [2.24, 2.45) is 0 Å². The predicted octanol–water partition coefficient (Wildman–Crippen LogP) is 2.12. The summed E-state index contributed by atoms with van der Waals surface area (Å²) in [6.45, 7) is 2.06. The Kier molecular flexibility index (Phi) is 3.55. The lowest BCUT2D eigenvalue weighted by Crippen LogP contribution is -1.95. The highest BCUT2D eigenvalue weighted by atomic mass is 16.4. The topological polar surface area (TPSA) is 53.1 Å². The number of hydrogen-bond donors (Lipinski definition) is 2. The van der Waals surface area contributed by atoms with E-state index in [2.05, 4.69) is 11.9 Å². The molecule has 0 saturated carbocycles. The standard InChI is InChI=1S/C10H15NO2/c1-8-6-7-11-9(8)4-2-3-5-10(12)13/h6-7,11H,2-5H2,1H3,(H,12,13). The van der Waals surface area contributed by atoms with Gasteiger partial charge in [0.05, 0.1) is 0 Å². The summed E-state index contributed by atoms with van der Waals surface area (Å²) in [5, 5.41) is 8.42. The molecule has 1 heterocycles. The van der Waals surface area contributed by atoms with Gasteiger partial charge >= 0.3 is 5.97 Å². The first-order chi connectivity index (χ1) is 6.20. The molecule has 72 valence electrons. The highest BCUT2D eigenvalue weighted by Gasteiger charge is 2.00. The quantitative estimate of drug-likeness (QED) is 0.683. The molecule has 0 spiro atoms. The van der Waals surface area contributed by atoms with Gasteiger partial charge in [0, 0.05) is 18.3 Å². The Balaban J connectivity index is 2.20. The van der Waals surface area contributed by atoms with Crippen LogP contribution in [0.1, 0.15) is 30.5 Å². The molecule has 0 aliphatic heterocycles. The van der Waals surface area contributed by atoms with Crippen LogP contribution >= 0.6 is 0 Å². The molecule has 0 saturated heterocycles. The number of aryl methyl sites for hydroxylation is 2. The summed E-state index contributed by atoms with van der Waals surface area (Å²) in [7, 11) is 0. The van der Waals surface area contributed by atoms with Gasteiger partial charge in [0.25, 0.3) is 0 Å². The van der Waals surface area contributed by atoms with Crippen LogP contribution in [-0.2, 0) is 11.2 Å². The van der Waals surface area contributed by atoms with Crippen LogP contribution in [0.4, 0.5) is 0 Å². The molecule has 0 aliphatic carbocycles. The Bertz CT molecular complexity index is 278. The zero-order chi connectivity index (χ0) is 9.68. The maximum absolute atomic E-state index is 10.2. The van der Waals surface area contributed by atoms with Crippen molar-refractivity contribution in [3.63, 3.8) is 0 Å². The molecule has 0 atom stereocenters. The number of aliphatic carboxylic acids is 1. The van der Waals surface area contributed by atoms with Gasteiger partial charge in [0.2, 0.25) is 0 Å². The van der Waals surface area contributed by atoms with Crippen LogP contribution < -0.4 is 0 Å². The Morgan fingerprint density at radius 1 is 1.54 bits per heavy atom. The third kappa shape index (κ3) is 3.32. The highest BCUT2D eigenvalue weighted by Crippen LogP contribution is 2.09. The van der Waals surface area contributed by atoms with E-state index in [-0.39, 0.29) is 6.42 Å². The molecule has 0 radical (unpaired) electrons. The largest absolute Gasteiger partial charge is 0.481 e. The van der Waals surface area contributed by atoms with Gasteiger partial charge in [0.15, 0.2) is 0 Å². The second-order valence-electron chi connectivity index (χ2n) is 3.24. The van der Waals surface area contributed by atoms with Gasteiger partial charge in [-0.2, -0.15) is 0 Å². The molecule has 0 aliphatic rings. The van der Waals surface area contributed by atoms with Gasteiger partial charge in [-0.15, -0.1) is 0 Å². The zero-order valence-corrected chi connectivity index (χ0v) is 7.84. The third-order valence-electron chi connectivity index (χ3n) is 2.13. The van der Waals surface area contributed by atoms with E-state index in [1.54, 1.807) is 0 Å². The summed E-state index contributed by atoms with van der Waals surface area (Å²) < 4.78 is 0. The van der Waals surface area contributed by atoms with E-state index in [1.165, 1.54) is 11.3 Å². The van der Waals surface area contributed by atoms with Crippen molar-refractivity contribution in [2.75, 3.05) is 0 Å². The molecule has 3 nitrogen and oxygen atoms in total. The van der Waals surface area contributed by atoms with Crippen LogP contribution in [0.25, 0.3) is 0 Å². The van der Waals surface area contributed by atoms with E-state index >= 15 is 0 Å². The molecule has 0 bridgehead atoms. The molecule has 1 aromatic heterocycles.